The fourth-order valence-electron chi connectivity index (χ4n) is 1.94. The first kappa shape index (κ1) is 12.0. The first-order valence-electron chi connectivity index (χ1n) is 5.34. The van der Waals surface area contributed by atoms with Gasteiger partial charge < -0.3 is 16.0 Å². The summed E-state index contributed by atoms with van der Waals surface area (Å²) in [5.41, 5.74) is 6.70. The molecule has 1 aliphatic heterocycles. The highest BCUT2D eigenvalue weighted by Crippen LogP contribution is 2.29. The van der Waals surface area contributed by atoms with Crippen molar-refractivity contribution in [2.75, 3.05) is 31.1 Å². The second-order valence-electron chi connectivity index (χ2n) is 3.93. The Bertz CT molecular complexity index is 370. The van der Waals surface area contributed by atoms with Crippen LogP contribution < -0.4 is 16.0 Å². The second kappa shape index (κ2) is 5.23. The molecule has 16 heavy (non-hydrogen) atoms. The fraction of sp³-hybridized carbons (Fsp3) is 0.455. The maximum atomic E-state index is 6.18. The molecular weight excluding hydrogens is 245 g/mol. The van der Waals surface area contributed by atoms with E-state index in [0.29, 0.717) is 22.6 Å². The number of hydrogen-bond donors (Lipinski definition) is 2. The molecule has 3 N–H and O–H groups in total. The zero-order chi connectivity index (χ0) is 11.5. The summed E-state index contributed by atoms with van der Waals surface area (Å²) in [5, 5.41) is 4.73. The molecule has 5 heteroatoms. The van der Waals surface area contributed by atoms with Gasteiger partial charge >= 0.3 is 0 Å². The van der Waals surface area contributed by atoms with Gasteiger partial charge in [0, 0.05) is 37.2 Å². The third-order valence-electron chi connectivity index (χ3n) is 2.79. The van der Waals surface area contributed by atoms with Crippen LogP contribution in [-0.4, -0.2) is 32.2 Å². The standard InChI is InChI=1S/C11H15Cl2N3/c12-8-1-2-11(10(13)5-8)16-4-3-15-9(6-14)7-16/h1-2,5,9,15H,3-4,6-7,14H2. The maximum absolute atomic E-state index is 6.18. The molecule has 0 saturated carbocycles. The first-order valence-corrected chi connectivity index (χ1v) is 6.09. The topological polar surface area (TPSA) is 41.3 Å². The van der Waals surface area contributed by atoms with Crippen LogP contribution in [0.5, 0.6) is 0 Å². The molecule has 1 aromatic carbocycles. The highest BCUT2D eigenvalue weighted by Gasteiger charge is 2.19. The molecule has 0 bridgehead atoms. The van der Waals surface area contributed by atoms with Crippen LogP contribution in [-0.2, 0) is 0 Å². The number of nitrogens with two attached hydrogens (primary N) is 1. The molecule has 0 aliphatic carbocycles. The molecular formula is C11H15Cl2N3. The third kappa shape index (κ3) is 2.61. The van der Waals surface area contributed by atoms with E-state index in [4.69, 9.17) is 28.9 Å². The summed E-state index contributed by atoms with van der Waals surface area (Å²) < 4.78 is 0. The van der Waals surface area contributed by atoms with Crippen molar-refractivity contribution in [2.24, 2.45) is 5.73 Å². The lowest BCUT2D eigenvalue weighted by atomic mass is 10.2. The van der Waals surface area contributed by atoms with Crippen LogP contribution >= 0.6 is 23.2 Å². The summed E-state index contributed by atoms with van der Waals surface area (Å²) in [6.45, 7) is 3.40. The number of benzene rings is 1. The van der Waals surface area contributed by atoms with Crippen molar-refractivity contribution in [2.45, 2.75) is 6.04 Å². The Hall–Kier alpha value is -0.480. The average molecular weight is 260 g/mol. The molecule has 2 rings (SSSR count). The van der Waals surface area contributed by atoms with E-state index in [1.165, 1.54) is 0 Å². The molecule has 1 aromatic rings. The van der Waals surface area contributed by atoms with E-state index >= 15 is 0 Å². The van der Waals surface area contributed by atoms with Gasteiger partial charge in [-0.3, -0.25) is 0 Å². The predicted octanol–water partition coefficient (Wildman–Crippen LogP) is 1.73. The van der Waals surface area contributed by atoms with Gasteiger partial charge in [0.15, 0.2) is 0 Å². The Morgan fingerprint density at radius 2 is 2.25 bits per heavy atom. The zero-order valence-electron chi connectivity index (χ0n) is 8.92. The van der Waals surface area contributed by atoms with Crippen molar-refractivity contribution in [1.29, 1.82) is 0 Å². The molecule has 1 fully saturated rings. The number of piperazine rings is 1. The van der Waals surface area contributed by atoms with Crippen LogP contribution in [0.2, 0.25) is 10.0 Å². The zero-order valence-corrected chi connectivity index (χ0v) is 10.4. The average Bonchev–Trinajstić information content (AvgIpc) is 2.29. The van der Waals surface area contributed by atoms with Crippen molar-refractivity contribution in [3.05, 3.63) is 28.2 Å². The van der Waals surface area contributed by atoms with Crippen molar-refractivity contribution in [1.82, 2.24) is 5.32 Å². The van der Waals surface area contributed by atoms with Gasteiger partial charge in [0.1, 0.15) is 0 Å². The summed E-state index contributed by atoms with van der Waals surface area (Å²) in [5.74, 6) is 0. The SMILES string of the molecule is NCC1CN(c2ccc(Cl)cc2Cl)CCN1. The molecule has 88 valence electrons. The van der Waals surface area contributed by atoms with Gasteiger partial charge in [-0.15, -0.1) is 0 Å². The number of anilines is 1. The van der Waals surface area contributed by atoms with E-state index in [9.17, 15) is 0 Å². The van der Waals surface area contributed by atoms with E-state index in [1.807, 2.05) is 12.1 Å². The summed E-state index contributed by atoms with van der Waals surface area (Å²) in [6.07, 6.45) is 0. The van der Waals surface area contributed by atoms with E-state index < -0.39 is 0 Å². The Labute approximate surface area is 106 Å². The minimum atomic E-state index is 0.334. The molecule has 0 spiro atoms. The Kier molecular flexibility index (Phi) is 3.92. The number of rotatable bonds is 2. The van der Waals surface area contributed by atoms with Gasteiger partial charge in [-0.05, 0) is 18.2 Å². The van der Waals surface area contributed by atoms with Gasteiger partial charge in [0.25, 0.3) is 0 Å². The molecule has 1 aliphatic rings. The molecule has 1 heterocycles. The number of hydrogen-bond acceptors (Lipinski definition) is 3. The third-order valence-corrected chi connectivity index (χ3v) is 3.33. The van der Waals surface area contributed by atoms with E-state index in [0.717, 1.165) is 25.3 Å². The van der Waals surface area contributed by atoms with Crippen LogP contribution in [0, 0.1) is 0 Å². The van der Waals surface area contributed by atoms with Crippen molar-refractivity contribution in [3.63, 3.8) is 0 Å². The van der Waals surface area contributed by atoms with Gasteiger partial charge in [-0.2, -0.15) is 0 Å². The van der Waals surface area contributed by atoms with Crippen LogP contribution in [0.25, 0.3) is 0 Å². The number of nitrogens with zero attached hydrogens (tertiary/aromatic N) is 1. The Balaban J connectivity index is 2.16. The highest BCUT2D eigenvalue weighted by atomic mass is 35.5. The van der Waals surface area contributed by atoms with Gasteiger partial charge in [0.2, 0.25) is 0 Å². The largest absolute Gasteiger partial charge is 0.367 e. The summed E-state index contributed by atoms with van der Waals surface area (Å²) in [6, 6.07) is 5.93. The van der Waals surface area contributed by atoms with Gasteiger partial charge in [-0.1, -0.05) is 23.2 Å². The molecule has 3 nitrogen and oxygen atoms in total. The molecule has 1 unspecified atom stereocenters. The lowest BCUT2D eigenvalue weighted by Gasteiger charge is -2.35. The van der Waals surface area contributed by atoms with Crippen LogP contribution in [0.3, 0.4) is 0 Å². The summed E-state index contributed by atoms with van der Waals surface area (Å²) in [4.78, 5) is 2.24. The predicted molar refractivity (Wildman–Crippen MR) is 69.5 cm³/mol. The monoisotopic (exact) mass is 259 g/mol. The highest BCUT2D eigenvalue weighted by molar-refractivity contribution is 6.36. The lowest BCUT2D eigenvalue weighted by molar-refractivity contribution is 0.463. The van der Waals surface area contributed by atoms with E-state index in [-0.39, 0.29) is 0 Å². The van der Waals surface area contributed by atoms with Crippen LogP contribution in [0.15, 0.2) is 18.2 Å². The summed E-state index contributed by atoms with van der Waals surface area (Å²) >= 11 is 12.1. The maximum Gasteiger partial charge on any atom is 0.0654 e. The van der Waals surface area contributed by atoms with Crippen molar-refractivity contribution >= 4 is 28.9 Å². The van der Waals surface area contributed by atoms with Gasteiger partial charge in [-0.25, -0.2) is 0 Å². The lowest BCUT2D eigenvalue weighted by Crippen LogP contribution is -2.53. The van der Waals surface area contributed by atoms with E-state index in [1.54, 1.807) is 6.07 Å². The minimum Gasteiger partial charge on any atom is -0.367 e. The minimum absolute atomic E-state index is 0.334. The van der Waals surface area contributed by atoms with Gasteiger partial charge in [0.05, 0.1) is 10.7 Å². The fourth-order valence-corrected chi connectivity index (χ4v) is 2.47. The number of nitrogens with one attached hydrogen (secondary N) is 1. The Morgan fingerprint density at radius 3 is 2.94 bits per heavy atom. The smallest absolute Gasteiger partial charge is 0.0654 e. The molecule has 1 saturated heterocycles. The molecule has 0 radical (unpaired) electrons. The van der Waals surface area contributed by atoms with E-state index in [2.05, 4.69) is 10.2 Å². The Morgan fingerprint density at radius 1 is 1.44 bits per heavy atom. The molecule has 0 amide bonds. The van der Waals surface area contributed by atoms with Crippen LogP contribution in [0.4, 0.5) is 5.69 Å². The second-order valence-corrected chi connectivity index (χ2v) is 4.77. The van der Waals surface area contributed by atoms with Crippen molar-refractivity contribution < 1.29 is 0 Å². The van der Waals surface area contributed by atoms with Crippen molar-refractivity contribution in [3.8, 4) is 0 Å². The first-order chi connectivity index (χ1) is 7.70. The molecule has 1 atom stereocenters. The number of halogens is 2. The summed E-state index contributed by atoms with van der Waals surface area (Å²) in [7, 11) is 0. The normalized spacial score (nSPS) is 21.2. The van der Waals surface area contributed by atoms with Crippen LogP contribution in [0.1, 0.15) is 0 Å². The quantitative estimate of drug-likeness (QED) is 0.850. The molecule has 0 aromatic heterocycles.